The molecule has 0 N–H and O–H groups in total. The van der Waals surface area contributed by atoms with Crippen molar-refractivity contribution in [3.63, 3.8) is 0 Å². The Labute approximate surface area is 187 Å². The lowest BCUT2D eigenvalue weighted by atomic mass is 9.97. The van der Waals surface area contributed by atoms with Gasteiger partial charge in [-0.1, -0.05) is 101 Å². The standard InChI is InChI=1S/C28H17BrS/c29-22-14-11-18(12-15-22)20-6-3-7-21(17-20)24-9-4-10-25-26-16-13-19-5-1-2-8-23(19)27(26)30-28(24)25/h1-17H. The molecule has 0 aliphatic carbocycles. The average molecular weight is 465 g/mol. The summed E-state index contributed by atoms with van der Waals surface area (Å²) in [5.74, 6) is 0. The van der Waals surface area contributed by atoms with E-state index in [-0.39, 0.29) is 0 Å². The zero-order valence-corrected chi connectivity index (χ0v) is 18.5. The number of thiophene rings is 1. The van der Waals surface area contributed by atoms with E-state index >= 15 is 0 Å². The third kappa shape index (κ3) is 2.87. The third-order valence-electron chi connectivity index (χ3n) is 5.74. The molecule has 0 aliphatic rings. The predicted octanol–water partition coefficient (Wildman–Crippen LogP) is 9.30. The van der Waals surface area contributed by atoms with E-state index in [1.807, 2.05) is 11.3 Å². The molecule has 5 aromatic carbocycles. The number of hydrogen-bond acceptors (Lipinski definition) is 1. The molecular formula is C28H17BrS. The fourth-order valence-corrected chi connectivity index (χ4v) is 5.90. The predicted molar refractivity (Wildman–Crippen MR) is 135 cm³/mol. The van der Waals surface area contributed by atoms with E-state index in [2.05, 4.69) is 119 Å². The Balaban J connectivity index is 1.59. The van der Waals surface area contributed by atoms with Gasteiger partial charge in [-0.2, -0.15) is 0 Å². The second kappa shape index (κ2) is 7.09. The second-order valence-electron chi connectivity index (χ2n) is 7.54. The van der Waals surface area contributed by atoms with Crippen molar-refractivity contribution >= 4 is 58.2 Å². The molecule has 0 saturated heterocycles. The van der Waals surface area contributed by atoms with Gasteiger partial charge in [-0.25, -0.2) is 0 Å². The lowest BCUT2D eigenvalue weighted by molar-refractivity contribution is 1.59. The maximum Gasteiger partial charge on any atom is 0.0434 e. The van der Waals surface area contributed by atoms with Gasteiger partial charge in [0.25, 0.3) is 0 Å². The van der Waals surface area contributed by atoms with Crippen LogP contribution >= 0.6 is 27.3 Å². The summed E-state index contributed by atoms with van der Waals surface area (Å²) in [4.78, 5) is 0. The van der Waals surface area contributed by atoms with E-state index in [9.17, 15) is 0 Å². The van der Waals surface area contributed by atoms with E-state index < -0.39 is 0 Å². The number of halogens is 1. The average Bonchev–Trinajstić information content (AvgIpc) is 3.19. The third-order valence-corrected chi connectivity index (χ3v) is 7.56. The summed E-state index contributed by atoms with van der Waals surface area (Å²) < 4.78 is 3.83. The Morgan fingerprint density at radius 3 is 2.13 bits per heavy atom. The SMILES string of the molecule is Brc1ccc(-c2cccc(-c3cccc4c3sc3c5ccccc5ccc43)c2)cc1. The zero-order valence-electron chi connectivity index (χ0n) is 16.1. The minimum Gasteiger partial charge on any atom is -0.134 e. The highest BCUT2D eigenvalue weighted by Crippen LogP contribution is 2.43. The lowest BCUT2D eigenvalue weighted by Crippen LogP contribution is -1.82. The molecule has 1 heterocycles. The molecule has 1 aromatic heterocycles. The van der Waals surface area contributed by atoms with Gasteiger partial charge in [0.15, 0.2) is 0 Å². The molecule has 0 aliphatic heterocycles. The van der Waals surface area contributed by atoms with Gasteiger partial charge in [0.1, 0.15) is 0 Å². The quantitative estimate of drug-likeness (QED) is 0.239. The summed E-state index contributed by atoms with van der Waals surface area (Å²) in [6, 6.07) is 37.3. The topological polar surface area (TPSA) is 0 Å². The van der Waals surface area contributed by atoms with Crippen LogP contribution in [0.1, 0.15) is 0 Å². The minimum atomic E-state index is 1.10. The largest absolute Gasteiger partial charge is 0.134 e. The van der Waals surface area contributed by atoms with Gasteiger partial charge in [0.2, 0.25) is 0 Å². The molecule has 0 unspecified atom stereocenters. The van der Waals surface area contributed by atoms with Crippen molar-refractivity contribution in [2.24, 2.45) is 0 Å². The molecular weight excluding hydrogens is 448 g/mol. The first-order valence-corrected chi connectivity index (χ1v) is 11.6. The summed E-state index contributed by atoms with van der Waals surface area (Å²) in [6.07, 6.45) is 0. The molecule has 6 aromatic rings. The van der Waals surface area contributed by atoms with E-state index in [1.165, 1.54) is 53.2 Å². The van der Waals surface area contributed by atoms with Crippen LogP contribution in [0.15, 0.2) is 108 Å². The Morgan fingerprint density at radius 1 is 0.500 bits per heavy atom. The van der Waals surface area contributed by atoms with Crippen LogP contribution in [0.4, 0.5) is 0 Å². The highest BCUT2D eigenvalue weighted by molar-refractivity contribution is 9.10. The molecule has 0 radical (unpaired) electrons. The number of fused-ring (bicyclic) bond motifs is 5. The van der Waals surface area contributed by atoms with Crippen LogP contribution in [0.2, 0.25) is 0 Å². The summed E-state index contributed by atoms with van der Waals surface area (Å²) in [6.45, 7) is 0. The van der Waals surface area contributed by atoms with E-state index in [4.69, 9.17) is 0 Å². The van der Waals surface area contributed by atoms with E-state index in [0.29, 0.717) is 0 Å². The molecule has 0 saturated carbocycles. The first-order chi connectivity index (χ1) is 14.8. The highest BCUT2D eigenvalue weighted by Gasteiger charge is 2.12. The Morgan fingerprint density at radius 2 is 1.23 bits per heavy atom. The summed E-state index contributed by atoms with van der Waals surface area (Å²) in [5, 5.41) is 5.33. The van der Waals surface area contributed by atoms with Crippen LogP contribution in [0.25, 0.3) is 53.2 Å². The Bertz CT molecular complexity index is 1540. The van der Waals surface area contributed by atoms with E-state index in [0.717, 1.165) is 4.47 Å². The van der Waals surface area contributed by atoms with Crippen molar-refractivity contribution in [2.75, 3.05) is 0 Å². The maximum atomic E-state index is 3.53. The van der Waals surface area contributed by atoms with Crippen molar-refractivity contribution in [1.29, 1.82) is 0 Å². The Hall–Kier alpha value is -2.94. The molecule has 0 nitrogen and oxygen atoms in total. The lowest BCUT2D eigenvalue weighted by Gasteiger charge is -2.07. The monoisotopic (exact) mass is 464 g/mol. The number of hydrogen-bond donors (Lipinski definition) is 0. The molecule has 0 spiro atoms. The van der Waals surface area contributed by atoms with Gasteiger partial charge in [-0.05, 0) is 51.2 Å². The number of benzene rings is 5. The van der Waals surface area contributed by atoms with Gasteiger partial charge in [-0.15, -0.1) is 11.3 Å². The van der Waals surface area contributed by atoms with Gasteiger partial charge < -0.3 is 0 Å². The van der Waals surface area contributed by atoms with Crippen molar-refractivity contribution in [1.82, 2.24) is 0 Å². The molecule has 0 bridgehead atoms. The van der Waals surface area contributed by atoms with Crippen molar-refractivity contribution in [2.45, 2.75) is 0 Å². The van der Waals surface area contributed by atoms with Crippen molar-refractivity contribution in [3.8, 4) is 22.3 Å². The fraction of sp³-hybridized carbons (Fsp3) is 0. The van der Waals surface area contributed by atoms with Crippen molar-refractivity contribution in [3.05, 3.63) is 108 Å². The summed E-state index contributed by atoms with van der Waals surface area (Å²) >= 11 is 5.44. The molecule has 30 heavy (non-hydrogen) atoms. The molecule has 0 amide bonds. The molecule has 142 valence electrons. The van der Waals surface area contributed by atoms with Crippen LogP contribution in [0.5, 0.6) is 0 Å². The van der Waals surface area contributed by atoms with E-state index in [1.54, 1.807) is 0 Å². The first kappa shape index (κ1) is 17.9. The molecule has 2 heteroatoms. The normalized spacial score (nSPS) is 11.5. The van der Waals surface area contributed by atoms with Gasteiger partial charge >= 0.3 is 0 Å². The maximum absolute atomic E-state index is 3.53. The molecule has 0 fully saturated rings. The van der Waals surface area contributed by atoms with Crippen LogP contribution < -0.4 is 0 Å². The number of rotatable bonds is 2. The summed E-state index contributed by atoms with van der Waals surface area (Å²) in [5.41, 5.74) is 5.03. The zero-order chi connectivity index (χ0) is 20.1. The molecule has 0 atom stereocenters. The van der Waals surface area contributed by atoms with Gasteiger partial charge in [-0.3, -0.25) is 0 Å². The summed E-state index contributed by atoms with van der Waals surface area (Å²) in [7, 11) is 0. The van der Waals surface area contributed by atoms with Crippen molar-refractivity contribution < 1.29 is 0 Å². The highest BCUT2D eigenvalue weighted by atomic mass is 79.9. The smallest absolute Gasteiger partial charge is 0.0434 e. The van der Waals surface area contributed by atoms with Crippen LogP contribution in [-0.4, -0.2) is 0 Å². The van der Waals surface area contributed by atoms with Gasteiger partial charge in [0.05, 0.1) is 0 Å². The first-order valence-electron chi connectivity index (χ1n) is 9.97. The van der Waals surface area contributed by atoms with Crippen LogP contribution in [0, 0.1) is 0 Å². The second-order valence-corrected chi connectivity index (χ2v) is 9.47. The fourth-order valence-electron chi connectivity index (χ4n) is 4.26. The van der Waals surface area contributed by atoms with Crippen LogP contribution in [0.3, 0.4) is 0 Å². The molecule has 6 rings (SSSR count). The Kier molecular flexibility index (Phi) is 4.22. The minimum absolute atomic E-state index is 1.10. The van der Waals surface area contributed by atoms with Crippen LogP contribution in [-0.2, 0) is 0 Å². The van der Waals surface area contributed by atoms with Gasteiger partial charge in [0, 0.05) is 24.6 Å².